The summed E-state index contributed by atoms with van der Waals surface area (Å²) in [5.41, 5.74) is 0.793. The van der Waals surface area contributed by atoms with E-state index in [4.69, 9.17) is 0 Å². The Labute approximate surface area is 109 Å². The van der Waals surface area contributed by atoms with Crippen LogP contribution in [0.25, 0.3) is 0 Å². The second kappa shape index (κ2) is 4.89. The van der Waals surface area contributed by atoms with Gasteiger partial charge in [0.1, 0.15) is 0 Å². The topological polar surface area (TPSA) is 90.1 Å². The van der Waals surface area contributed by atoms with Gasteiger partial charge in [-0.05, 0) is 19.1 Å². The van der Waals surface area contributed by atoms with Gasteiger partial charge in [0.2, 0.25) is 0 Å². The van der Waals surface area contributed by atoms with Crippen molar-refractivity contribution in [3.63, 3.8) is 0 Å². The molecule has 0 atom stereocenters. The Balaban J connectivity index is 2.20. The molecule has 0 fully saturated rings. The molecule has 0 aliphatic rings. The van der Waals surface area contributed by atoms with Crippen LogP contribution in [0.2, 0.25) is 0 Å². The maximum Gasteiger partial charge on any atom is 0.272 e. The lowest BCUT2D eigenvalue weighted by atomic mass is 10.1. The van der Waals surface area contributed by atoms with Crippen molar-refractivity contribution in [2.24, 2.45) is 7.05 Å². The summed E-state index contributed by atoms with van der Waals surface area (Å²) in [7, 11) is 1.74. The van der Waals surface area contributed by atoms with E-state index in [0.29, 0.717) is 16.9 Å². The minimum Gasteiger partial charge on any atom is -0.305 e. The number of amides is 1. The summed E-state index contributed by atoms with van der Waals surface area (Å²) in [4.78, 5) is 22.1. The molecular formula is C12H12N4O3. The van der Waals surface area contributed by atoms with E-state index in [0.717, 1.165) is 0 Å². The molecule has 2 aromatic rings. The number of nitrogens with one attached hydrogen (secondary N) is 1. The van der Waals surface area contributed by atoms with Crippen LogP contribution >= 0.6 is 0 Å². The molecule has 0 bridgehead atoms. The van der Waals surface area contributed by atoms with Crippen molar-refractivity contribution in [3.05, 3.63) is 51.7 Å². The van der Waals surface area contributed by atoms with Gasteiger partial charge in [0.25, 0.3) is 11.6 Å². The first-order valence-electron chi connectivity index (χ1n) is 5.53. The predicted octanol–water partition coefficient (Wildman–Crippen LogP) is 1.89. The van der Waals surface area contributed by atoms with Crippen LogP contribution in [0.3, 0.4) is 0 Å². The standard InChI is InChI=1S/C12H12N4O3/c1-8-7-9(3-4-10(8)16(18)19)12(17)13-11-5-6-15(2)14-11/h3-7H,1-2H3,(H,13,14,17). The summed E-state index contributed by atoms with van der Waals surface area (Å²) in [6, 6.07) is 5.89. The van der Waals surface area contributed by atoms with Crippen molar-refractivity contribution in [1.82, 2.24) is 9.78 Å². The first-order valence-corrected chi connectivity index (χ1v) is 5.53. The van der Waals surface area contributed by atoms with E-state index < -0.39 is 4.92 Å². The molecule has 0 radical (unpaired) electrons. The van der Waals surface area contributed by atoms with Crippen LogP contribution in [-0.4, -0.2) is 20.6 Å². The highest BCUT2D eigenvalue weighted by atomic mass is 16.6. The number of aromatic nitrogens is 2. The van der Waals surface area contributed by atoms with Gasteiger partial charge < -0.3 is 5.32 Å². The molecule has 0 aliphatic heterocycles. The maximum atomic E-state index is 11.9. The van der Waals surface area contributed by atoms with Gasteiger partial charge in [-0.1, -0.05) is 0 Å². The number of carbonyl (C=O) groups is 1. The summed E-state index contributed by atoms with van der Waals surface area (Å²) in [5, 5.41) is 17.3. The molecule has 7 heteroatoms. The molecule has 7 nitrogen and oxygen atoms in total. The molecule has 0 saturated carbocycles. The number of benzene rings is 1. The summed E-state index contributed by atoms with van der Waals surface area (Å²) in [6.45, 7) is 1.59. The second-order valence-corrected chi connectivity index (χ2v) is 4.09. The van der Waals surface area contributed by atoms with E-state index >= 15 is 0 Å². The molecule has 1 heterocycles. The zero-order valence-electron chi connectivity index (χ0n) is 10.5. The molecule has 98 valence electrons. The number of carbonyl (C=O) groups excluding carboxylic acids is 1. The number of hydrogen-bond acceptors (Lipinski definition) is 4. The van der Waals surface area contributed by atoms with E-state index in [1.54, 1.807) is 30.9 Å². The Morgan fingerprint density at radius 1 is 1.42 bits per heavy atom. The number of nitro benzene ring substituents is 1. The number of aryl methyl sites for hydroxylation is 2. The average Bonchev–Trinajstić information content (AvgIpc) is 2.74. The molecular weight excluding hydrogens is 248 g/mol. The van der Waals surface area contributed by atoms with Gasteiger partial charge >= 0.3 is 0 Å². The lowest BCUT2D eigenvalue weighted by molar-refractivity contribution is -0.385. The van der Waals surface area contributed by atoms with E-state index in [1.165, 1.54) is 18.2 Å². The molecule has 0 saturated heterocycles. The molecule has 0 spiro atoms. The van der Waals surface area contributed by atoms with E-state index in [2.05, 4.69) is 10.4 Å². The first kappa shape index (κ1) is 12.7. The fourth-order valence-corrected chi connectivity index (χ4v) is 1.67. The SMILES string of the molecule is Cc1cc(C(=O)Nc2ccn(C)n2)ccc1[N+](=O)[O-]. The Kier molecular flexibility index (Phi) is 3.28. The highest BCUT2D eigenvalue weighted by Gasteiger charge is 2.14. The van der Waals surface area contributed by atoms with Crippen molar-refractivity contribution in [3.8, 4) is 0 Å². The summed E-state index contributed by atoms with van der Waals surface area (Å²) in [6.07, 6.45) is 1.71. The van der Waals surface area contributed by atoms with Crippen LogP contribution in [-0.2, 0) is 7.05 Å². The number of anilines is 1. The largest absolute Gasteiger partial charge is 0.305 e. The van der Waals surface area contributed by atoms with Gasteiger partial charge in [-0.25, -0.2) is 0 Å². The van der Waals surface area contributed by atoms with Crippen LogP contribution in [0.1, 0.15) is 15.9 Å². The van der Waals surface area contributed by atoms with Crippen LogP contribution < -0.4 is 5.32 Å². The monoisotopic (exact) mass is 260 g/mol. The number of nitro groups is 1. The molecule has 1 aromatic heterocycles. The van der Waals surface area contributed by atoms with Gasteiger partial charge in [-0.2, -0.15) is 5.10 Å². The highest BCUT2D eigenvalue weighted by Crippen LogP contribution is 2.19. The maximum absolute atomic E-state index is 11.9. The van der Waals surface area contributed by atoms with Gasteiger partial charge in [0.05, 0.1) is 4.92 Å². The van der Waals surface area contributed by atoms with Gasteiger partial charge in [0.15, 0.2) is 5.82 Å². The van der Waals surface area contributed by atoms with E-state index in [1.807, 2.05) is 0 Å². The van der Waals surface area contributed by atoms with E-state index in [9.17, 15) is 14.9 Å². The Morgan fingerprint density at radius 2 is 2.16 bits per heavy atom. The fraction of sp³-hybridized carbons (Fsp3) is 0.167. The van der Waals surface area contributed by atoms with Crippen LogP contribution in [0.15, 0.2) is 30.5 Å². The molecule has 2 rings (SSSR count). The highest BCUT2D eigenvalue weighted by molar-refractivity contribution is 6.04. The second-order valence-electron chi connectivity index (χ2n) is 4.09. The third-order valence-electron chi connectivity index (χ3n) is 2.61. The third kappa shape index (κ3) is 2.76. The van der Waals surface area contributed by atoms with Crippen LogP contribution in [0, 0.1) is 17.0 Å². The molecule has 1 aromatic carbocycles. The fourth-order valence-electron chi connectivity index (χ4n) is 1.67. The Bertz CT molecular complexity index is 648. The molecule has 0 unspecified atom stereocenters. The lowest BCUT2D eigenvalue weighted by Crippen LogP contribution is -2.13. The molecule has 1 amide bonds. The van der Waals surface area contributed by atoms with Crippen molar-refractivity contribution in [1.29, 1.82) is 0 Å². The van der Waals surface area contributed by atoms with Crippen molar-refractivity contribution < 1.29 is 9.72 Å². The molecule has 1 N–H and O–H groups in total. The average molecular weight is 260 g/mol. The number of rotatable bonds is 3. The zero-order valence-corrected chi connectivity index (χ0v) is 10.5. The van der Waals surface area contributed by atoms with Gasteiger partial charge in [-0.15, -0.1) is 0 Å². The lowest BCUT2D eigenvalue weighted by Gasteiger charge is -2.03. The van der Waals surface area contributed by atoms with Crippen molar-refractivity contribution >= 4 is 17.4 Å². The van der Waals surface area contributed by atoms with Crippen LogP contribution in [0.5, 0.6) is 0 Å². The number of hydrogen-bond donors (Lipinski definition) is 1. The van der Waals surface area contributed by atoms with Gasteiger partial charge in [0, 0.05) is 36.5 Å². The summed E-state index contributed by atoms with van der Waals surface area (Å²) < 4.78 is 1.57. The summed E-state index contributed by atoms with van der Waals surface area (Å²) in [5.74, 6) is 0.0835. The summed E-state index contributed by atoms with van der Waals surface area (Å²) >= 11 is 0. The number of nitrogens with zero attached hydrogens (tertiary/aromatic N) is 3. The third-order valence-corrected chi connectivity index (χ3v) is 2.61. The Hall–Kier alpha value is -2.70. The minimum atomic E-state index is -0.476. The molecule has 19 heavy (non-hydrogen) atoms. The zero-order chi connectivity index (χ0) is 14.0. The molecule has 0 aliphatic carbocycles. The minimum absolute atomic E-state index is 0.00520. The van der Waals surface area contributed by atoms with Crippen LogP contribution in [0.4, 0.5) is 11.5 Å². The quantitative estimate of drug-likeness (QED) is 0.674. The Morgan fingerprint density at radius 3 is 2.68 bits per heavy atom. The van der Waals surface area contributed by atoms with Crippen molar-refractivity contribution in [2.45, 2.75) is 6.92 Å². The van der Waals surface area contributed by atoms with Crippen molar-refractivity contribution in [2.75, 3.05) is 5.32 Å². The first-order chi connectivity index (χ1) is 8.97. The smallest absolute Gasteiger partial charge is 0.272 e. The van der Waals surface area contributed by atoms with E-state index in [-0.39, 0.29) is 11.6 Å². The predicted molar refractivity (Wildman–Crippen MR) is 69.0 cm³/mol. The van der Waals surface area contributed by atoms with Gasteiger partial charge in [-0.3, -0.25) is 19.6 Å². The normalized spacial score (nSPS) is 10.2.